The average molecular weight is 222 g/mol. The number of hydrogen-bond donors (Lipinski definition) is 1. The highest BCUT2D eigenvalue weighted by molar-refractivity contribution is 5.97. The Labute approximate surface area is 93.9 Å². The van der Waals surface area contributed by atoms with E-state index in [0.717, 1.165) is 17.0 Å². The molecule has 1 aromatic rings. The lowest BCUT2D eigenvalue weighted by atomic mass is 10.1. The number of anilines is 1. The fourth-order valence-electron chi connectivity index (χ4n) is 1.58. The van der Waals surface area contributed by atoms with Crippen molar-refractivity contribution in [2.24, 2.45) is 0 Å². The summed E-state index contributed by atoms with van der Waals surface area (Å²) in [5, 5.41) is 0. The molecule has 0 atom stereocenters. The van der Waals surface area contributed by atoms with E-state index >= 15 is 0 Å². The van der Waals surface area contributed by atoms with Gasteiger partial charge in [-0.15, -0.1) is 0 Å². The highest BCUT2D eigenvalue weighted by Crippen LogP contribution is 2.31. The second-order valence-electron chi connectivity index (χ2n) is 3.57. The first-order chi connectivity index (χ1) is 7.72. The Morgan fingerprint density at radius 1 is 1.56 bits per heavy atom. The normalized spacial score (nSPS) is 14.6. The topological polar surface area (TPSA) is 50.8 Å². The van der Waals surface area contributed by atoms with Gasteiger partial charge in [0.25, 0.3) is 5.91 Å². The van der Waals surface area contributed by atoms with Gasteiger partial charge >= 0.3 is 0 Å². The fourth-order valence-corrected chi connectivity index (χ4v) is 1.58. The smallest absolute Gasteiger partial charge is 0.264 e. The van der Waals surface area contributed by atoms with Crippen molar-refractivity contribution >= 4 is 11.6 Å². The van der Waals surface area contributed by atoms with Crippen LogP contribution < -0.4 is 15.1 Å². The van der Waals surface area contributed by atoms with Crippen molar-refractivity contribution in [3.8, 4) is 5.75 Å². The number of hydrogen-bond acceptors (Lipinski definition) is 4. The van der Waals surface area contributed by atoms with Crippen LogP contribution >= 0.6 is 0 Å². The lowest BCUT2D eigenvalue weighted by Crippen LogP contribution is -2.35. The van der Waals surface area contributed by atoms with Crippen molar-refractivity contribution in [2.75, 3.05) is 25.7 Å². The largest absolute Gasteiger partial charge is 0.482 e. The Hall–Kier alpha value is -1.59. The van der Waals surface area contributed by atoms with Crippen LogP contribution in [0, 0.1) is 0 Å². The molecule has 1 aliphatic heterocycles. The Bertz CT molecular complexity index is 406. The molecule has 16 heavy (non-hydrogen) atoms. The number of nitrogens with zero attached hydrogens (tertiary/aromatic N) is 1. The lowest BCUT2D eigenvalue weighted by Gasteiger charge is -2.26. The van der Waals surface area contributed by atoms with E-state index in [4.69, 9.17) is 9.57 Å². The minimum absolute atomic E-state index is 0.0376. The van der Waals surface area contributed by atoms with E-state index in [1.54, 1.807) is 19.1 Å². The van der Waals surface area contributed by atoms with Crippen LogP contribution in [0.4, 0.5) is 5.69 Å². The third-order valence-corrected chi connectivity index (χ3v) is 2.53. The van der Waals surface area contributed by atoms with Crippen LogP contribution in [0.15, 0.2) is 18.2 Å². The molecule has 86 valence electrons. The van der Waals surface area contributed by atoms with E-state index in [9.17, 15) is 4.79 Å². The minimum atomic E-state index is -0.0376. The zero-order chi connectivity index (χ0) is 11.5. The Kier molecular flexibility index (Phi) is 3.07. The molecule has 1 heterocycles. The van der Waals surface area contributed by atoms with Crippen molar-refractivity contribution in [3.63, 3.8) is 0 Å². The van der Waals surface area contributed by atoms with E-state index in [1.807, 2.05) is 18.2 Å². The van der Waals surface area contributed by atoms with Gasteiger partial charge in [-0.1, -0.05) is 6.07 Å². The van der Waals surface area contributed by atoms with Gasteiger partial charge in [0.05, 0.1) is 12.8 Å². The number of benzene rings is 1. The standard InChI is InChI=1S/C11H14N2O3/c1-13-9-5-8(6-12-15-2)3-4-10(9)16-7-11(13)14/h3-5,12H,6-7H2,1-2H3. The molecule has 1 amide bonds. The summed E-state index contributed by atoms with van der Waals surface area (Å²) in [5.74, 6) is 0.701. The molecule has 0 saturated heterocycles. The molecular formula is C11H14N2O3. The molecule has 1 N–H and O–H groups in total. The summed E-state index contributed by atoms with van der Waals surface area (Å²) >= 11 is 0. The first-order valence-corrected chi connectivity index (χ1v) is 5.00. The number of carbonyl (C=O) groups is 1. The van der Waals surface area contributed by atoms with Crippen molar-refractivity contribution in [2.45, 2.75) is 6.54 Å². The third-order valence-electron chi connectivity index (χ3n) is 2.53. The quantitative estimate of drug-likeness (QED) is 0.765. The predicted octanol–water partition coefficient (Wildman–Crippen LogP) is 0.693. The molecule has 1 aromatic carbocycles. The van der Waals surface area contributed by atoms with Gasteiger partial charge in [0.1, 0.15) is 5.75 Å². The van der Waals surface area contributed by atoms with Gasteiger partial charge in [-0.25, -0.2) is 0 Å². The molecule has 0 spiro atoms. The van der Waals surface area contributed by atoms with E-state index in [-0.39, 0.29) is 12.5 Å². The lowest BCUT2D eigenvalue weighted by molar-refractivity contribution is -0.120. The van der Waals surface area contributed by atoms with Gasteiger partial charge in [-0.05, 0) is 17.7 Å². The number of likely N-dealkylation sites (N-methyl/N-ethyl adjacent to an activating group) is 1. The summed E-state index contributed by atoms with van der Waals surface area (Å²) in [4.78, 5) is 17.8. The summed E-state index contributed by atoms with van der Waals surface area (Å²) in [6.07, 6.45) is 0. The second-order valence-corrected chi connectivity index (χ2v) is 3.57. The van der Waals surface area contributed by atoms with E-state index in [0.29, 0.717) is 6.54 Å². The number of nitrogens with one attached hydrogen (secondary N) is 1. The molecule has 0 radical (unpaired) electrons. The van der Waals surface area contributed by atoms with Crippen LogP contribution in [0.25, 0.3) is 0 Å². The summed E-state index contributed by atoms with van der Waals surface area (Å²) in [7, 11) is 3.31. The number of rotatable bonds is 3. The Morgan fingerprint density at radius 3 is 3.12 bits per heavy atom. The Morgan fingerprint density at radius 2 is 2.38 bits per heavy atom. The van der Waals surface area contributed by atoms with Crippen molar-refractivity contribution in [1.29, 1.82) is 0 Å². The fraction of sp³-hybridized carbons (Fsp3) is 0.364. The van der Waals surface area contributed by atoms with Crippen molar-refractivity contribution < 1.29 is 14.4 Å². The molecule has 0 fully saturated rings. The van der Waals surface area contributed by atoms with Gasteiger partial charge in [-0.3, -0.25) is 4.79 Å². The van der Waals surface area contributed by atoms with Crippen LogP contribution in [0.1, 0.15) is 5.56 Å². The highest BCUT2D eigenvalue weighted by atomic mass is 16.6. The number of fused-ring (bicyclic) bond motifs is 1. The number of hydroxylamine groups is 1. The van der Waals surface area contributed by atoms with Crippen LogP contribution in [-0.4, -0.2) is 26.7 Å². The maximum Gasteiger partial charge on any atom is 0.264 e. The first kappa shape index (κ1) is 10.9. The molecule has 0 bridgehead atoms. The third kappa shape index (κ3) is 2.00. The van der Waals surface area contributed by atoms with Gasteiger partial charge in [0, 0.05) is 13.6 Å². The highest BCUT2D eigenvalue weighted by Gasteiger charge is 2.21. The monoisotopic (exact) mass is 222 g/mol. The Balaban J connectivity index is 2.25. The average Bonchev–Trinajstić information content (AvgIpc) is 2.31. The zero-order valence-electron chi connectivity index (χ0n) is 9.32. The van der Waals surface area contributed by atoms with Crippen molar-refractivity contribution in [3.05, 3.63) is 23.8 Å². The molecule has 0 aromatic heterocycles. The van der Waals surface area contributed by atoms with Crippen LogP contribution in [0.5, 0.6) is 5.75 Å². The molecule has 0 aliphatic carbocycles. The maximum atomic E-state index is 11.4. The molecule has 1 aliphatic rings. The number of carbonyl (C=O) groups excluding carboxylic acids is 1. The van der Waals surface area contributed by atoms with Crippen LogP contribution in [0.2, 0.25) is 0 Å². The van der Waals surface area contributed by atoms with E-state index in [1.165, 1.54) is 0 Å². The molecule has 0 unspecified atom stereocenters. The van der Waals surface area contributed by atoms with Gasteiger partial charge < -0.3 is 14.5 Å². The van der Waals surface area contributed by atoms with Gasteiger partial charge in [0.2, 0.25) is 0 Å². The van der Waals surface area contributed by atoms with E-state index < -0.39 is 0 Å². The summed E-state index contributed by atoms with van der Waals surface area (Å²) in [6, 6.07) is 5.72. The zero-order valence-corrected chi connectivity index (χ0v) is 9.32. The minimum Gasteiger partial charge on any atom is -0.482 e. The van der Waals surface area contributed by atoms with Gasteiger partial charge in [-0.2, -0.15) is 5.48 Å². The SMILES string of the molecule is CONCc1ccc2c(c1)N(C)C(=O)CO2. The molecule has 5 nitrogen and oxygen atoms in total. The maximum absolute atomic E-state index is 11.4. The van der Waals surface area contributed by atoms with Crippen LogP contribution in [-0.2, 0) is 16.2 Å². The molecular weight excluding hydrogens is 208 g/mol. The predicted molar refractivity (Wildman–Crippen MR) is 59.2 cm³/mol. The van der Waals surface area contributed by atoms with E-state index in [2.05, 4.69) is 5.48 Å². The van der Waals surface area contributed by atoms with Crippen LogP contribution in [0.3, 0.4) is 0 Å². The second kappa shape index (κ2) is 4.51. The summed E-state index contributed by atoms with van der Waals surface area (Å²) in [6.45, 7) is 0.699. The summed E-state index contributed by atoms with van der Waals surface area (Å²) in [5.41, 5.74) is 4.58. The van der Waals surface area contributed by atoms with Gasteiger partial charge in [0.15, 0.2) is 6.61 Å². The molecule has 2 rings (SSSR count). The molecule has 5 heteroatoms. The number of amides is 1. The number of ether oxygens (including phenoxy) is 1. The molecule has 0 saturated carbocycles. The first-order valence-electron chi connectivity index (χ1n) is 5.00. The summed E-state index contributed by atoms with van der Waals surface area (Å²) < 4.78 is 5.32. The van der Waals surface area contributed by atoms with Crippen molar-refractivity contribution in [1.82, 2.24) is 5.48 Å².